The van der Waals surface area contributed by atoms with Gasteiger partial charge in [0.05, 0.1) is 32.2 Å². The van der Waals surface area contributed by atoms with E-state index in [4.69, 9.17) is 35.0 Å². The van der Waals surface area contributed by atoms with Crippen LogP contribution in [0.4, 0.5) is 5.82 Å². The number of phosphoric acid groups is 3. The number of aromatic amines is 1. The highest BCUT2D eigenvalue weighted by Crippen LogP contribution is 2.66. The highest BCUT2D eigenvalue weighted by Gasteiger charge is 2.47. The molecular formula is C20H28N9O18P3. The zero-order valence-electron chi connectivity index (χ0n) is 24.6. The molecule has 2 fully saturated rings. The number of aliphatic hydroxyl groups is 5. The lowest BCUT2D eigenvalue weighted by atomic mass is 10.1. The predicted octanol–water partition coefficient (Wildman–Crippen LogP) is -3.90. The van der Waals surface area contributed by atoms with E-state index in [0.29, 0.717) is 0 Å². The van der Waals surface area contributed by atoms with Gasteiger partial charge in [0.1, 0.15) is 48.5 Å². The minimum Gasteiger partial charge on any atom is -0.394 e. The van der Waals surface area contributed by atoms with Crippen molar-refractivity contribution in [2.45, 2.75) is 49.1 Å². The van der Waals surface area contributed by atoms with Gasteiger partial charge in [0.2, 0.25) is 0 Å². The number of ether oxygens (including phenoxy) is 2. The van der Waals surface area contributed by atoms with Crippen molar-refractivity contribution in [1.29, 1.82) is 0 Å². The van der Waals surface area contributed by atoms with Gasteiger partial charge in [-0.05, 0) is 0 Å². The Labute approximate surface area is 276 Å². The van der Waals surface area contributed by atoms with Gasteiger partial charge in [0.15, 0.2) is 35.1 Å². The number of nitrogens with zero attached hydrogens (tertiary/aromatic N) is 7. The topological polar surface area (TPSA) is 413 Å². The largest absolute Gasteiger partial charge is 0.490 e. The van der Waals surface area contributed by atoms with Crippen molar-refractivity contribution in [2.24, 2.45) is 0 Å². The van der Waals surface area contributed by atoms with Gasteiger partial charge in [0, 0.05) is 0 Å². The first kappa shape index (κ1) is 38.1. The molecule has 0 radical (unpaired) electrons. The third kappa shape index (κ3) is 8.14. The van der Waals surface area contributed by atoms with Crippen LogP contribution in [0, 0.1) is 0 Å². The SMILES string of the molecule is Nc1ncnc2c1ncn2[C@@H]1O[C@H](COP(=O)(O)OP(=O)(O)OP(=O)(O)O)[C@@H](O)[C@H]1O.O=c1[nH]cnc2c1ncn2[C@@H]1O[C@H](CO)[C@@H](O)[C@H]1O. The lowest BCUT2D eigenvalue weighted by Gasteiger charge is -2.19. The van der Waals surface area contributed by atoms with Crippen LogP contribution in [-0.4, -0.2) is 134 Å². The number of phosphoric ester groups is 1. The highest BCUT2D eigenvalue weighted by atomic mass is 31.3. The molecule has 4 aromatic heterocycles. The molecule has 2 unspecified atom stereocenters. The summed E-state index contributed by atoms with van der Waals surface area (Å²) in [6, 6.07) is 0. The summed E-state index contributed by atoms with van der Waals surface area (Å²) >= 11 is 0. The van der Waals surface area contributed by atoms with E-state index in [-0.39, 0.29) is 28.1 Å². The minimum absolute atomic E-state index is 0.0426. The molecule has 50 heavy (non-hydrogen) atoms. The van der Waals surface area contributed by atoms with Gasteiger partial charge in [-0.3, -0.25) is 18.5 Å². The number of imidazole rings is 2. The van der Waals surface area contributed by atoms with E-state index >= 15 is 0 Å². The molecule has 30 heteroatoms. The van der Waals surface area contributed by atoms with Gasteiger partial charge in [-0.15, -0.1) is 0 Å². The average Bonchev–Trinajstić information content (AvgIpc) is 3.77. The lowest BCUT2D eigenvalue weighted by molar-refractivity contribution is -0.0511. The smallest absolute Gasteiger partial charge is 0.394 e. The lowest BCUT2D eigenvalue weighted by Crippen LogP contribution is -2.33. The number of fused-ring (bicyclic) bond motifs is 2. The molecule has 2 aliphatic rings. The van der Waals surface area contributed by atoms with Crippen LogP contribution < -0.4 is 11.3 Å². The molecule has 4 aromatic rings. The van der Waals surface area contributed by atoms with E-state index < -0.39 is 91.3 Å². The third-order valence-corrected chi connectivity index (χ3v) is 10.8. The van der Waals surface area contributed by atoms with Crippen LogP contribution in [0.25, 0.3) is 22.3 Å². The molecule has 0 bridgehead atoms. The van der Waals surface area contributed by atoms with Gasteiger partial charge < -0.3 is 65.3 Å². The van der Waals surface area contributed by atoms with Gasteiger partial charge in [-0.25, -0.2) is 38.6 Å². The highest BCUT2D eigenvalue weighted by molar-refractivity contribution is 7.66. The Morgan fingerprint density at radius 3 is 1.92 bits per heavy atom. The Morgan fingerprint density at radius 2 is 1.34 bits per heavy atom. The molecule has 6 heterocycles. The van der Waals surface area contributed by atoms with Crippen molar-refractivity contribution in [3.8, 4) is 0 Å². The van der Waals surface area contributed by atoms with Crippen molar-refractivity contribution < 1.29 is 81.4 Å². The van der Waals surface area contributed by atoms with Crippen LogP contribution in [0.1, 0.15) is 12.5 Å². The van der Waals surface area contributed by atoms with Crippen molar-refractivity contribution >= 4 is 51.6 Å². The summed E-state index contributed by atoms with van der Waals surface area (Å²) in [4.78, 5) is 69.0. The van der Waals surface area contributed by atoms with Crippen LogP contribution in [0.15, 0.2) is 30.1 Å². The first-order chi connectivity index (χ1) is 23.3. The second-order valence-corrected chi connectivity index (χ2v) is 14.7. The van der Waals surface area contributed by atoms with Crippen LogP contribution in [0.3, 0.4) is 0 Å². The number of H-pyrrole nitrogens is 1. The average molecular weight is 775 g/mol. The number of nitrogen functional groups attached to an aromatic ring is 1. The fraction of sp³-hybridized carbons (Fsp3) is 0.500. The monoisotopic (exact) mass is 775 g/mol. The van der Waals surface area contributed by atoms with Crippen molar-refractivity contribution in [3.63, 3.8) is 0 Å². The van der Waals surface area contributed by atoms with E-state index in [1.54, 1.807) is 0 Å². The maximum absolute atomic E-state index is 11.8. The Kier molecular flexibility index (Phi) is 11.0. The Balaban J connectivity index is 0.000000217. The van der Waals surface area contributed by atoms with E-state index in [1.807, 2.05) is 0 Å². The molecule has 10 atom stereocenters. The maximum atomic E-state index is 11.8. The number of aromatic nitrogens is 8. The summed E-state index contributed by atoms with van der Waals surface area (Å²) in [6.07, 6.45) is -5.47. The molecule has 12 N–H and O–H groups in total. The van der Waals surface area contributed by atoms with Crippen molar-refractivity contribution in [1.82, 2.24) is 39.0 Å². The van der Waals surface area contributed by atoms with Crippen LogP contribution in [0.5, 0.6) is 0 Å². The molecule has 0 aromatic carbocycles. The fourth-order valence-corrected chi connectivity index (χ4v) is 7.81. The summed E-state index contributed by atoms with van der Waals surface area (Å²) in [5.41, 5.74) is 5.94. The number of anilines is 1. The molecule has 6 rings (SSSR count). The quantitative estimate of drug-likeness (QED) is 0.0686. The molecule has 2 saturated heterocycles. The van der Waals surface area contributed by atoms with Gasteiger partial charge in [-0.1, -0.05) is 0 Å². The first-order valence-corrected chi connectivity index (χ1v) is 18.1. The van der Waals surface area contributed by atoms with E-state index in [1.165, 1.54) is 28.1 Å². The van der Waals surface area contributed by atoms with Gasteiger partial charge >= 0.3 is 23.5 Å². The summed E-state index contributed by atoms with van der Waals surface area (Å²) < 4.78 is 58.6. The van der Waals surface area contributed by atoms with Crippen LogP contribution in [-0.2, 0) is 36.3 Å². The molecule has 2 aliphatic heterocycles. The van der Waals surface area contributed by atoms with Crippen LogP contribution >= 0.6 is 23.5 Å². The van der Waals surface area contributed by atoms with Crippen LogP contribution in [0.2, 0.25) is 0 Å². The maximum Gasteiger partial charge on any atom is 0.490 e. The Hall–Kier alpha value is -3.17. The fourth-order valence-electron chi connectivity index (χ4n) is 4.78. The zero-order valence-corrected chi connectivity index (χ0v) is 27.3. The van der Waals surface area contributed by atoms with E-state index in [9.17, 15) is 43.8 Å². The summed E-state index contributed by atoms with van der Waals surface area (Å²) in [5.74, 6) is 0.0426. The number of hydrogen-bond donors (Lipinski definition) is 11. The predicted molar refractivity (Wildman–Crippen MR) is 157 cm³/mol. The van der Waals surface area contributed by atoms with Crippen molar-refractivity contribution in [3.05, 3.63) is 35.7 Å². The number of nitrogens with one attached hydrogen (secondary N) is 1. The van der Waals surface area contributed by atoms with E-state index in [2.05, 4.69) is 43.0 Å². The number of nitrogens with two attached hydrogens (primary N) is 1. The molecule has 0 saturated carbocycles. The Morgan fingerprint density at radius 1 is 0.780 bits per heavy atom. The normalized spacial score (nSPS) is 29.5. The number of aliphatic hydroxyl groups excluding tert-OH is 5. The number of rotatable bonds is 10. The molecule has 27 nitrogen and oxygen atoms in total. The molecule has 0 amide bonds. The summed E-state index contributed by atoms with van der Waals surface area (Å²) in [5, 5.41) is 49.1. The first-order valence-electron chi connectivity index (χ1n) is 13.6. The third-order valence-electron chi connectivity index (χ3n) is 6.97. The van der Waals surface area contributed by atoms with Gasteiger partial charge in [-0.2, -0.15) is 8.62 Å². The number of hydrogen-bond acceptors (Lipinski definition) is 20. The standard InChI is InChI=1S/C10H16N5O13P3.C10H12N4O5/c11-8-5-9(13-2-12-8)15(3-14-5)10-7(17)6(16)4(26-10)1-25-30(21,22)28-31(23,24)27-29(18,19)20;15-1-4-6(16)7(17)10(19-4)14-3-13-5-8(14)11-2-12-9(5)18/h2-4,6-7,10,16-17H,1H2,(H,21,22)(H,23,24)(H2,11,12,13)(H2,18,19,20);2-4,6-7,10,15-17H,1H2,(H,11,12,18)/t2*4-,6-,7-,10-/m11/s1. The second-order valence-electron chi connectivity index (χ2n) is 10.3. The molecule has 276 valence electrons. The second kappa shape index (κ2) is 14.5. The molecule has 0 aliphatic carbocycles. The molecule has 0 spiro atoms. The minimum atomic E-state index is -5.70. The van der Waals surface area contributed by atoms with Gasteiger partial charge in [0.25, 0.3) is 5.56 Å². The molecular weight excluding hydrogens is 747 g/mol. The zero-order chi connectivity index (χ0) is 36.8. The summed E-state index contributed by atoms with van der Waals surface area (Å²) in [7, 11) is -16.7. The van der Waals surface area contributed by atoms with Crippen molar-refractivity contribution in [2.75, 3.05) is 18.9 Å². The van der Waals surface area contributed by atoms with E-state index in [0.717, 1.165) is 6.33 Å². The summed E-state index contributed by atoms with van der Waals surface area (Å²) in [6.45, 7) is -1.38. The Bertz CT molecular complexity index is 2040.